The molecular formula is C14H10F2N2O3. The maximum Gasteiger partial charge on any atom is 0.335 e. The number of benzene rings is 2. The molecule has 2 rings (SSSR count). The average molecular weight is 292 g/mol. The third kappa shape index (κ3) is 3.14. The molecule has 0 aliphatic heterocycles. The van der Waals surface area contributed by atoms with Crippen molar-refractivity contribution in [3.8, 4) is 0 Å². The fourth-order valence-corrected chi connectivity index (χ4v) is 1.67. The van der Waals surface area contributed by atoms with Gasteiger partial charge in [0.05, 0.1) is 22.5 Å². The van der Waals surface area contributed by atoms with Gasteiger partial charge in [-0.3, -0.25) is 4.79 Å². The summed E-state index contributed by atoms with van der Waals surface area (Å²) in [6.07, 6.45) is 0. The Morgan fingerprint density at radius 3 is 2.38 bits per heavy atom. The molecule has 7 heteroatoms. The summed E-state index contributed by atoms with van der Waals surface area (Å²) in [6, 6.07) is 6.24. The Bertz CT molecular complexity index is 732. The molecule has 0 radical (unpaired) electrons. The number of carbonyl (C=O) groups excluding carboxylic acids is 1. The van der Waals surface area contributed by atoms with Gasteiger partial charge in [-0.05, 0) is 30.3 Å². The normalized spacial score (nSPS) is 10.2. The van der Waals surface area contributed by atoms with E-state index in [2.05, 4.69) is 5.32 Å². The second-order valence-corrected chi connectivity index (χ2v) is 4.19. The van der Waals surface area contributed by atoms with Gasteiger partial charge in [-0.1, -0.05) is 0 Å². The highest BCUT2D eigenvalue weighted by molar-refractivity contribution is 6.06. The summed E-state index contributed by atoms with van der Waals surface area (Å²) in [7, 11) is 0. The first kappa shape index (κ1) is 14.4. The number of nitrogens with one attached hydrogen (secondary N) is 1. The molecule has 0 atom stereocenters. The monoisotopic (exact) mass is 292 g/mol. The zero-order chi connectivity index (χ0) is 15.6. The minimum Gasteiger partial charge on any atom is -0.478 e. The van der Waals surface area contributed by atoms with Crippen LogP contribution in [-0.2, 0) is 0 Å². The van der Waals surface area contributed by atoms with Gasteiger partial charge in [0.25, 0.3) is 5.91 Å². The van der Waals surface area contributed by atoms with Crippen molar-refractivity contribution in [2.75, 3.05) is 11.1 Å². The average Bonchev–Trinajstić information content (AvgIpc) is 2.40. The second kappa shape index (κ2) is 5.58. The molecule has 0 aromatic heterocycles. The first-order chi connectivity index (χ1) is 9.88. The smallest absolute Gasteiger partial charge is 0.335 e. The van der Waals surface area contributed by atoms with E-state index in [9.17, 15) is 18.4 Å². The Morgan fingerprint density at radius 2 is 1.81 bits per heavy atom. The van der Waals surface area contributed by atoms with Crippen LogP contribution in [0.25, 0.3) is 0 Å². The molecule has 2 aromatic rings. The number of carboxylic acid groups (broad SMARTS) is 1. The van der Waals surface area contributed by atoms with Gasteiger partial charge in [-0.15, -0.1) is 0 Å². The van der Waals surface area contributed by atoms with Crippen molar-refractivity contribution in [2.24, 2.45) is 0 Å². The van der Waals surface area contributed by atoms with Crippen LogP contribution in [-0.4, -0.2) is 17.0 Å². The lowest BCUT2D eigenvalue weighted by Crippen LogP contribution is -2.15. The third-order valence-corrected chi connectivity index (χ3v) is 2.72. The largest absolute Gasteiger partial charge is 0.478 e. The topological polar surface area (TPSA) is 92.4 Å². The summed E-state index contributed by atoms with van der Waals surface area (Å²) in [5.41, 5.74) is 5.38. The van der Waals surface area contributed by atoms with Crippen LogP contribution in [0.2, 0.25) is 0 Å². The highest BCUT2D eigenvalue weighted by atomic mass is 19.1. The number of nitrogen functional groups attached to an aromatic ring is 1. The van der Waals surface area contributed by atoms with E-state index in [0.29, 0.717) is 6.07 Å². The third-order valence-electron chi connectivity index (χ3n) is 2.72. The predicted molar refractivity (Wildman–Crippen MR) is 72.1 cm³/mol. The Kier molecular flexibility index (Phi) is 3.84. The lowest BCUT2D eigenvalue weighted by Gasteiger charge is -2.09. The number of carbonyl (C=O) groups is 2. The van der Waals surface area contributed by atoms with Crippen LogP contribution in [0.1, 0.15) is 20.7 Å². The Labute approximate surface area is 118 Å². The van der Waals surface area contributed by atoms with Crippen molar-refractivity contribution in [2.45, 2.75) is 0 Å². The molecule has 5 nitrogen and oxygen atoms in total. The second-order valence-electron chi connectivity index (χ2n) is 4.19. The Hall–Kier alpha value is -2.96. The van der Waals surface area contributed by atoms with E-state index in [0.717, 1.165) is 12.1 Å². The van der Waals surface area contributed by atoms with Gasteiger partial charge in [0.2, 0.25) is 0 Å². The summed E-state index contributed by atoms with van der Waals surface area (Å²) in [6.45, 7) is 0. The van der Waals surface area contributed by atoms with Crippen LogP contribution in [0.4, 0.5) is 20.2 Å². The van der Waals surface area contributed by atoms with E-state index in [1.807, 2.05) is 0 Å². The fraction of sp³-hybridized carbons (Fsp3) is 0. The standard InChI is InChI=1S/C14H10F2N2O3/c15-8-2-3-9(10(16)6-8)13(19)18-12-4-1-7(14(20)21)5-11(12)17/h1-6H,17H2,(H,18,19)(H,20,21). The van der Waals surface area contributed by atoms with Crippen LogP contribution in [0, 0.1) is 11.6 Å². The van der Waals surface area contributed by atoms with E-state index in [1.165, 1.54) is 18.2 Å². The van der Waals surface area contributed by atoms with Crippen molar-refractivity contribution in [3.63, 3.8) is 0 Å². The lowest BCUT2D eigenvalue weighted by molar-refractivity contribution is 0.0696. The lowest BCUT2D eigenvalue weighted by atomic mass is 10.1. The maximum atomic E-state index is 13.5. The van der Waals surface area contributed by atoms with Gasteiger partial charge in [0.15, 0.2) is 0 Å². The van der Waals surface area contributed by atoms with Gasteiger partial charge in [-0.2, -0.15) is 0 Å². The summed E-state index contributed by atoms with van der Waals surface area (Å²) >= 11 is 0. The van der Waals surface area contributed by atoms with Gasteiger partial charge in [0, 0.05) is 6.07 Å². The number of rotatable bonds is 3. The summed E-state index contributed by atoms with van der Waals surface area (Å²) in [5.74, 6) is -3.78. The zero-order valence-electron chi connectivity index (χ0n) is 10.6. The molecule has 0 spiro atoms. The number of amides is 1. The minimum absolute atomic E-state index is 0.0192. The summed E-state index contributed by atoms with van der Waals surface area (Å²) in [5, 5.41) is 11.1. The number of aromatic carboxylic acids is 1. The molecule has 0 aliphatic rings. The molecular weight excluding hydrogens is 282 g/mol. The highest BCUT2D eigenvalue weighted by Crippen LogP contribution is 2.21. The molecule has 0 saturated heterocycles. The van der Waals surface area contributed by atoms with Crippen molar-refractivity contribution < 1.29 is 23.5 Å². The van der Waals surface area contributed by atoms with Gasteiger partial charge in [0.1, 0.15) is 11.6 Å². The minimum atomic E-state index is -1.16. The molecule has 1 amide bonds. The molecule has 108 valence electrons. The van der Waals surface area contributed by atoms with Gasteiger partial charge < -0.3 is 16.2 Å². The molecule has 0 heterocycles. The van der Waals surface area contributed by atoms with Gasteiger partial charge in [-0.25, -0.2) is 13.6 Å². The number of hydrogen-bond acceptors (Lipinski definition) is 3. The highest BCUT2D eigenvalue weighted by Gasteiger charge is 2.14. The summed E-state index contributed by atoms with van der Waals surface area (Å²) in [4.78, 5) is 22.6. The predicted octanol–water partition coefficient (Wildman–Crippen LogP) is 2.50. The molecule has 0 fully saturated rings. The molecule has 4 N–H and O–H groups in total. The zero-order valence-corrected chi connectivity index (χ0v) is 10.6. The quantitative estimate of drug-likeness (QED) is 0.758. The molecule has 0 unspecified atom stereocenters. The Morgan fingerprint density at radius 1 is 1.10 bits per heavy atom. The van der Waals surface area contributed by atoms with E-state index in [4.69, 9.17) is 10.8 Å². The number of carboxylic acids is 1. The van der Waals surface area contributed by atoms with Crippen LogP contribution in [0.15, 0.2) is 36.4 Å². The first-order valence-electron chi connectivity index (χ1n) is 5.77. The van der Waals surface area contributed by atoms with Crippen molar-refractivity contribution in [1.82, 2.24) is 0 Å². The van der Waals surface area contributed by atoms with Crippen molar-refractivity contribution in [1.29, 1.82) is 0 Å². The number of nitrogens with two attached hydrogens (primary N) is 1. The van der Waals surface area contributed by atoms with E-state index in [1.54, 1.807) is 0 Å². The molecule has 0 aliphatic carbocycles. The first-order valence-corrected chi connectivity index (χ1v) is 5.77. The van der Waals surface area contributed by atoms with Crippen LogP contribution >= 0.6 is 0 Å². The number of anilines is 2. The SMILES string of the molecule is Nc1cc(C(=O)O)ccc1NC(=O)c1ccc(F)cc1F. The Balaban J connectivity index is 2.25. The fourth-order valence-electron chi connectivity index (χ4n) is 1.67. The van der Waals surface area contributed by atoms with Crippen LogP contribution in [0.3, 0.4) is 0 Å². The van der Waals surface area contributed by atoms with Crippen molar-refractivity contribution >= 4 is 23.3 Å². The number of hydrogen-bond donors (Lipinski definition) is 3. The van der Waals surface area contributed by atoms with E-state index in [-0.39, 0.29) is 22.5 Å². The van der Waals surface area contributed by atoms with Crippen LogP contribution < -0.4 is 11.1 Å². The van der Waals surface area contributed by atoms with Crippen molar-refractivity contribution in [3.05, 3.63) is 59.2 Å². The molecule has 0 saturated carbocycles. The van der Waals surface area contributed by atoms with Crippen LogP contribution in [0.5, 0.6) is 0 Å². The van der Waals surface area contributed by atoms with E-state index >= 15 is 0 Å². The number of halogens is 2. The molecule has 21 heavy (non-hydrogen) atoms. The maximum absolute atomic E-state index is 13.5. The molecule has 2 aromatic carbocycles. The summed E-state index contributed by atoms with van der Waals surface area (Å²) < 4.78 is 26.2. The van der Waals surface area contributed by atoms with E-state index < -0.39 is 23.5 Å². The molecule has 0 bridgehead atoms. The van der Waals surface area contributed by atoms with Gasteiger partial charge >= 0.3 is 5.97 Å².